The molecule has 21 heavy (non-hydrogen) atoms. The third-order valence-corrected chi connectivity index (χ3v) is 4.25. The van der Waals surface area contributed by atoms with E-state index in [0.29, 0.717) is 18.9 Å². The van der Waals surface area contributed by atoms with Crippen LogP contribution in [0.4, 0.5) is 0 Å². The van der Waals surface area contributed by atoms with Gasteiger partial charge >= 0.3 is 0 Å². The van der Waals surface area contributed by atoms with Gasteiger partial charge in [-0.1, -0.05) is 20.8 Å². The lowest BCUT2D eigenvalue weighted by atomic mass is 9.87. The maximum atomic E-state index is 12.4. The Kier molecular flexibility index (Phi) is 4.69. The molecular formula is C16H26N2O3. The van der Waals surface area contributed by atoms with Crippen LogP contribution in [0.15, 0.2) is 0 Å². The number of carbonyl (C=O) groups excluding carboxylic acids is 3. The lowest BCUT2D eigenvalue weighted by molar-refractivity contribution is -0.139. The smallest absolute Gasteiger partial charge is 0.229 e. The van der Waals surface area contributed by atoms with E-state index in [1.807, 2.05) is 4.90 Å². The number of carbonyl (C=O) groups is 3. The van der Waals surface area contributed by atoms with E-state index < -0.39 is 0 Å². The number of imide groups is 1. The predicted molar refractivity (Wildman–Crippen MR) is 79.4 cm³/mol. The summed E-state index contributed by atoms with van der Waals surface area (Å²) < 4.78 is 0. The first kappa shape index (κ1) is 16.0. The average Bonchev–Trinajstić information content (AvgIpc) is 2.93. The summed E-state index contributed by atoms with van der Waals surface area (Å²) in [6.07, 6.45) is 3.96. The second-order valence-corrected chi connectivity index (χ2v) is 7.34. The van der Waals surface area contributed by atoms with Crippen LogP contribution < -0.4 is 0 Å². The molecule has 2 aliphatic rings. The molecule has 2 fully saturated rings. The summed E-state index contributed by atoms with van der Waals surface area (Å²) in [4.78, 5) is 38.7. The minimum Gasteiger partial charge on any atom is -0.340 e. The number of nitrogens with zero attached hydrogens (tertiary/aromatic N) is 2. The van der Waals surface area contributed by atoms with Crippen molar-refractivity contribution in [3.63, 3.8) is 0 Å². The van der Waals surface area contributed by atoms with Gasteiger partial charge in [0.25, 0.3) is 0 Å². The van der Waals surface area contributed by atoms with Crippen LogP contribution in [-0.2, 0) is 14.4 Å². The number of likely N-dealkylation sites (tertiary alicyclic amines) is 2. The quantitative estimate of drug-likeness (QED) is 0.745. The first-order chi connectivity index (χ1) is 9.78. The Hall–Kier alpha value is -1.39. The van der Waals surface area contributed by atoms with Gasteiger partial charge in [-0.2, -0.15) is 0 Å². The molecule has 3 amide bonds. The van der Waals surface area contributed by atoms with Gasteiger partial charge in [-0.25, -0.2) is 0 Å². The van der Waals surface area contributed by atoms with Gasteiger partial charge in [0.05, 0.1) is 0 Å². The minimum absolute atomic E-state index is 0.0780. The second kappa shape index (κ2) is 6.16. The van der Waals surface area contributed by atoms with Crippen molar-refractivity contribution < 1.29 is 14.4 Å². The summed E-state index contributed by atoms with van der Waals surface area (Å²) in [7, 11) is 0. The molecule has 5 nitrogen and oxygen atoms in total. The van der Waals surface area contributed by atoms with Gasteiger partial charge in [0.15, 0.2) is 0 Å². The van der Waals surface area contributed by atoms with Crippen LogP contribution in [0, 0.1) is 5.41 Å². The largest absolute Gasteiger partial charge is 0.340 e. The Morgan fingerprint density at radius 2 is 1.81 bits per heavy atom. The Bertz CT molecular complexity index is 423. The third-order valence-electron chi connectivity index (χ3n) is 4.25. The van der Waals surface area contributed by atoms with Gasteiger partial charge in [-0.15, -0.1) is 0 Å². The SMILES string of the molecule is CC(C)(C)C[C@@H]1CCCN1C(=O)CCN1C(=O)CCC1=O. The van der Waals surface area contributed by atoms with Crippen LogP contribution in [0.3, 0.4) is 0 Å². The van der Waals surface area contributed by atoms with E-state index in [1.54, 1.807) is 0 Å². The topological polar surface area (TPSA) is 57.7 Å². The van der Waals surface area contributed by atoms with Gasteiger partial charge in [-0.05, 0) is 24.7 Å². The van der Waals surface area contributed by atoms with Crippen LogP contribution in [0.5, 0.6) is 0 Å². The summed E-state index contributed by atoms with van der Waals surface area (Å²) >= 11 is 0. The summed E-state index contributed by atoms with van der Waals surface area (Å²) in [6, 6.07) is 0.308. The van der Waals surface area contributed by atoms with Crippen molar-refractivity contribution in [1.29, 1.82) is 0 Å². The number of hydrogen-bond donors (Lipinski definition) is 0. The van der Waals surface area contributed by atoms with Crippen LogP contribution in [-0.4, -0.2) is 46.7 Å². The highest BCUT2D eigenvalue weighted by Crippen LogP contribution is 2.30. The molecule has 1 atom stereocenters. The molecule has 2 aliphatic heterocycles. The first-order valence-corrected chi connectivity index (χ1v) is 7.90. The maximum Gasteiger partial charge on any atom is 0.229 e. The van der Waals surface area contributed by atoms with E-state index in [-0.39, 0.29) is 36.1 Å². The standard InChI is InChI=1S/C16H26N2O3/c1-16(2,3)11-12-5-4-9-17(12)15(21)8-10-18-13(19)6-7-14(18)20/h12H,4-11H2,1-3H3/t12-/m0/s1. The maximum absolute atomic E-state index is 12.4. The van der Waals surface area contributed by atoms with Crippen molar-refractivity contribution in [2.24, 2.45) is 5.41 Å². The van der Waals surface area contributed by atoms with Crippen molar-refractivity contribution >= 4 is 17.7 Å². The molecule has 0 unspecified atom stereocenters. The summed E-state index contributed by atoms with van der Waals surface area (Å²) in [6.45, 7) is 7.62. The zero-order chi connectivity index (χ0) is 15.6. The molecule has 0 aromatic carbocycles. The molecule has 0 radical (unpaired) electrons. The molecule has 0 spiro atoms. The molecule has 0 N–H and O–H groups in total. The molecule has 0 bridgehead atoms. The molecular weight excluding hydrogens is 268 g/mol. The zero-order valence-corrected chi connectivity index (χ0v) is 13.4. The molecule has 0 saturated carbocycles. The van der Waals surface area contributed by atoms with Gasteiger partial charge in [0.1, 0.15) is 0 Å². The lowest BCUT2D eigenvalue weighted by Crippen LogP contribution is -2.40. The van der Waals surface area contributed by atoms with Gasteiger partial charge in [0, 0.05) is 38.4 Å². The lowest BCUT2D eigenvalue weighted by Gasteiger charge is -2.30. The molecule has 2 saturated heterocycles. The Morgan fingerprint density at radius 1 is 1.19 bits per heavy atom. The summed E-state index contributed by atoms with van der Waals surface area (Å²) in [5.74, 6) is -0.199. The fourth-order valence-corrected chi connectivity index (χ4v) is 3.31. The monoisotopic (exact) mass is 294 g/mol. The fourth-order valence-electron chi connectivity index (χ4n) is 3.31. The molecule has 2 heterocycles. The first-order valence-electron chi connectivity index (χ1n) is 7.90. The van der Waals surface area contributed by atoms with E-state index in [2.05, 4.69) is 20.8 Å². The van der Waals surface area contributed by atoms with Gasteiger partial charge in [-0.3, -0.25) is 19.3 Å². The number of hydrogen-bond acceptors (Lipinski definition) is 3. The van der Waals surface area contributed by atoms with Crippen LogP contribution in [0.2, 0.25) is 0 Å². The van der Waals surface area contributed by atoms with Gasteiger partial charge in [0.2, 0.25) is 17.7 Å². The van der Waals surface area contributed by atoms with Crippen molar-refractivity contribution in [2.75, 3.05) is 13.1 Å². The highest BCUT2D eigenvalue weighted by Gasteiger charge is 2.33. The second-order valence-electron chi connectivity index (χ2n) is 7.34. The summed E-state index contributed by atoms with van der Waals surface area (Å²) in [5, 5.41) is 0. The van der Waals surface area contributed by atoms with Crippen molar-refractivity contribution in [3.8, 4) is 0 Å². The van der Waals surface area contributed by atoms with Crippen molar-refractivity contribution in [3.05, 3.63) is 0 Å². The van der Waals surface area contributed by atoms with E-state index in [4.69, 9.17) is 0 Å². The zero-order valence-electron chi connectivity index (χ0n) is 13.4. The van der Waals surface area contributed by atoms with Gasteiger partial charge < -0.3 is 4.90 Å². The summed E-state index contributed by atoms with van der Waals surface area (Å²) in [5.41, 5.74) is 0.203. The predicted octanol–water partition coefficient (Wildman–Crippen LogP) is 1.95. The normalized spacial score (nSPS) is 23.3. The van der Waals surface area contributed by atoms with E-state index in [0.717, 1.165) is 25.8 Å². The van der Waals surface area contributed by atoms with E-state index >= 15 is 0 Å². The minimum atomic E-state index is -0.138. The molecule has 5 heteroatoms. The number of amides is 3. The molecule has 0 aromatic heterocycles. The van der Waals surface area contributed by atoms with E-state index in [9.17, 15) is 14.4 Å². The molecule has 0 aromatic rings. The number of rotatable bonds is 4. The fraction of sp³-hybridized carbons (Fsp3) is 0.812. The Morgan fingerprint density at radius 3 is 2.38 bits per heavy atom. The highest BCUT2D eigenvalue weighted by molar-refractivity contribution is 6.02. The van der Waals surface area contributed by atoms with Crippen LogP contribution in [0.25, 0.3) is 0 Å². The molecule has 2 rings (SSSR count). The van der Waals surface area contributed by atoms with Crippen LogP contribution in [0.1, 0.15) is 59.3 Å². The third kappa shape index (κ3) is 4.05. The highest BCUT2D eigenvalue weighted by atomic mass is 16.2. The van der Waals surface area contributed by atoms with Crippen LogP contribution >= 0.6 is 0 Å². The van der Waals surface area contributed by atoms with Crippen molar-refractivity contribution in [1.82, 2.24) is 9.80 Å². The Labute approximate surface area is 126 Å². The van der Waals surface area contributed by atoms with Crippen molar-refractivity contribution in [2.45, 2.75) is 65.3 Å². The Balaban J connectivity index is 1.87. The molecule has 0 aliphatic carbocycles. The molecule has 118 valence electrons. The average molecular weight is 294 g/mol. The van der Waals surface area contributed by atoms with E-state index in [1.165, 1.54) is 4.90 Å².